The Balaban J connectivity index is 2.46. The first kappa shape index (κ1) is 12.8. The topological polar surface area (TPSA) is 42.2 Å². The van der Waals surface area contributed by atoms with Crippen molar-refractivity contribution in [2.75, 3.05) is 0 Å². The van der Waals surface area contributed by atoms with Crippen LogP contribution in [0.25, 0.3) is 0 Å². The predicted octanol–water partition coefficient (Wildman–Crippen LogP) is 2.80. The Morgan fingerprint density at radius 3 is 2.56 bits per heavy atom. The molecule has 1 aromatic heterocycles. The molecule has 1 heterocycles. The standard InChI is InChI=1S/C14H15NO2S/c1-3-11-14(17)12(16)9-13(15(11)2)18-10-7-5-4-6-8-10/h4-9,17H,3H2,1-2H3. The molecule has 4 heteroatoms. The van der Waals surface area contributed by atoms with Gasteiger partial charge in [-0.1, -0.05) is 36.9 Å². The molecule has 0 saturated carbocycles. The maximum absolute atomic E-state index is 11.7. The number of aromatic nitrogens is 1. The molecule has 0 spiro atoms. The van der Waals surface area contributed by atoms with Crippen LogP contribution in [-0.2, 0) is 13.5 Å². The lowest BCUT2D eigenvalue weighted by Crippen LogP contribution is -2.12. The number of rotatable bonds is 3. The van der Waals surface area contributed by atoms with Crippen molar-refractivity contribution in [3.8, 4) is 5.75 Å². The molecule has 0 fully saturated rings. The monoisotopic (exact) mass is 261 g/mol. The highest BCUT2D eigenvalue weighted by molar-refractivity contribution is 7.99. The smallest absolute Gasteiger partial charge is 0.224 e. The molecule has 1 N–H and O–H groups in total. The number of nitrogens with zero attached hydrogens (tertiary/aromatic N) is 1. The SMILES string of the molecule is CCc1c(O)c(=O)cc(Sc2ccccc2)n1C. The van der Waals surface area contributed by atoms with Crippen LogP contribution in [0.5, 0.6) is 5.75 Å². The zero-order valence-corrected chi connectivity index (χ0v) is 11.2. The largest absolute Gasteiger partial charge is 0.503 e. The quantitative estimate of drug-likeness (QED) is 0.923. The summed E-state index contributed by atoms with van der Waals surface area (Å²) in [6.07, 6.45) is 0.626. The molecule has 0 unspecified atom stereocenters. The van der Waals surface area contributed by atoms with Crippen LogP contribution in [-0.4, -0.2) is 9.67 Å². The Bertz CT molecular complexity index is 605. The minimum Gasteiger partial charge on any atom is -0.503 e. The molecule has 0 bridgehead atoms. The fourth-order valence-electron chi connectivity index (χ4n) is 1.82. The van der Waals surface area contributed by atoms with Crippen molar-refractivity contribution < 1.29 is 5.11 Å². The van der Waals surface area contributed by atoms with Gasteiger partial charge in [0.15, 0.2) is 5.75 Å². The molecule has 18 heavy (non-hydrogen) atoms. The van der Waals surface area contributed by atoms with Crippen molar-refractivity contribution in [3.05, 3.63) is 52.3 Å². The summed E-state index contributed by atoms with van der Waals surface area (Å²) in [5.41, 5.74) is 0.351. The number of hydrogen-bond donors (Lipinski definition) is 1. The molecular formula is C14H15NO2S. The van der Waals surface area contributed by atoms with Crippen LogP contribution in [0.2, 0.25) is 0 Å². The van der Waals surface area contributed by atoms with Crippen LogP contribution in [0.4, 0.5) is 0 Å². The van der Waals surface area contributed by atoms with Gasteiger partial charge in [0.25, 0.3) is 0 Å². The maximum Gasteiger partial charge on any atom is 0.224 e. The first-order valence-electron chi connectivity index (χ1n) is 5.78. The normalized spacial score (nSPS) is 10.6. The van der Waals surface area contributed by atoms with Gasteiger partial charge in [-0.15, -0.1) is 0 Å². The van der Waals surface area contributed by atoms with E-state index < -0.39 is 0 Å². The number of benzene rings is 1. The average molecular weight is 261 g/mol. The van der Waals surface area contributed by atoms with Gasteiger partial charge in [-0.25, -0.2) is 0 Å². The number of pyridine rings is 1. The molecule has 0 aliphatic heterocycles. The van der Waals surface area contributed by atoms with Gasteiger partial charge >= 0.3 is 0 Å². The van der Waals surface area contributed by atoms with Crippen LogP contribution < -0.4 is 5.43 Å². The summed E-state index contributed by atoms with van der Waals surface area (Å²) in [6.45, 7) is 1.92. The lowest BCUT2D eigenvalue weighted by atomic mass is 10.2. The second-order valence-corrected chi connectivity index (χ2v) is 5.06. The molecule has 3 nitrogen and oxygen atoms in total. The third kappa shape index (κ3) is 2.43. The van der Waals surface area contributed by atoms with Crippen molar-refractivity contribution in [2.24, 2.45) is 7.05 Å². The summed E-state index contributed by atoms with van der Waals surface area (Å²) >= 11 is 1.52. The van der Waals surface area contributed by atoms with E-state index in [1.807, 2.05) is 48.9 Å². The Morgan fingerprint density at radius 1 is 1.28 bits per heavy atom. The van der Waals surface area contributed by atoms with Gasteiger partial charge in [0, 0.05) is 18.0 Å². The second kappa shape index (κ2) is 5.31. The summed E-state index contributed by atoms with van der Waals surface area (Å²) < 4.78 is 1.87. The van der Waals surface area contributed by atoms with E-state index in [0.717, 1.165) is 9.92 Å². The summed E-state index contributed by atoms with van der Waals surface area (Å²) in [5, 5.41) is 10.6. The summed E-state index contributed by atoms with van der Waals surface area (Å²) in [4.78, 5) is 12.8. The van der Waals surface area contributed by atoms with E-state index in [1.165, 1.54) is 17.8 Å². The number of hydrogen-bond acceptors (Lipinski definition) is 3. The van der Waals surface area contributed by atoms with E-state index in [-0.39, 0.29) is 11.2 Å². The highest BCUT2D eigenvalue weighted by Crippen LogP contribution is 2.28. The lowest BCUT2D eigenvalue weighted by molar-refractivity contribution is 0.449. The van der Waals surface area contributed by atoms with Crippen LogP contribution >= 0.6 is 11.8 Å². The summed E-state index contributed by atoms with van der Waals surface area (Å²) in [7, 11) is 1.86. The minimum atomic E-state index is -0.316. The van der Waals surface area contributed by atoms with Crippen molar-refractivity contribution in [1.29, 1.82) is 0 Å². The fourth-order valence-corrected chi connectivity index (χ4v) is 2.77. The molecule has 94 valence electrons. The molecule has 0 atom stereocenters. The molecule has 0 saturated heterocycles. The molecule has 0 radical (unpaired) electrons. The molecule has 0 aliphatic rings. The van der Waals surface area contributed by atoms with Crippen molar-refractivity contribution in [2.45, 2.75) is 23.3 Å². The highest BCUT2D eigenvalue weighted by Gasteiger charge is 2.11. The second-order valence-electron chi connectivity index (χ2n) is 3.97. The molecule has 2 rings (SSSR count). The van der Waals surface area contributed by atoms with Gasteiger partial charge in [0.1, 0.15) is 0 Å². The maximum atomic E-state index is 11.7. The Labute approximate surface area is 110 Å². The van der Waals surface area contributed by atoms with E-state index in [0.29, 0.717) is 12.1 Å². The van der Waals surface area contributed by atoms with E-state index in [4.69, 9.17) is 0 Å². The summed E-state index contributed by atoms with van der Waals surface area (Å²) in [5.74, 6) is -0.141. The van der Waals surface area contributed by atoms with Crippen molar-refractivity contribution in [3.63, 3.8) is 0 Å². The van der Waals surface area contributed by atoms with Gasteiger partial charge in [-0.05, 0) is 18.6 Å². The first-order chi connectivity index (χ1) is 8.63. The Hall–Kier alpha value is -1.68. The van der Waals surface area contributed by atoms with Gasteiger partial charge in [0.2, 0.25) is 5.43 Å². The van der Waals surface area contributed by atoms with Gasteiger partial charge in [0.05, 0.1) is 10.7 Å². The van der Waals surface area contributed by atoms with Gasteiger partial charge in [-0.3, -0.25) is 4.79 Å². The zero-order chi connectivity index (χ0) is 13.1. The third-order valence-electron chi connectivity index (χ3n) is 2.80. The number of aromatic hydroxyl groups is 1. The van der Waals surface area contributed by atoms with Crippen molar-refractivity contribution >= 4 is 11.8 Å². The first-order valence-corrected chi connectivity index (χ1v) is 6.60. The van der Waals surface area contributed by atoms with Crippen LogP contribution in [0.1, 0.15) is 12.6 Å². The average Bonchev–Trinajstić information content (AvgIpc) is 2.38. The van der Waals surface area contributed by atoms with E-state index >= 15 is 0 Å². The molecule has 0 amide bonds. The molecule has 1 aromatic carbocycles. The molecular weight excluding hydrogens is 246 g/mol. The van der Waals surface area contributed by atoms with Gasteiger partial charge < -0.3 is 9.67 Å². The predicted molar refractivity (Wildman–Crippen MR) is 73.3 cm³/mol. The Morgan fingerprint density at radius 2 is 1.94 bits per heavy atom. The summed E-state index contributed by atoms with van der Waals surface area (Å²) in [6, 6.07) is 11.3. The zero-order valence-electron chi connectivity index (χ0n) is 10.4. The van der Waals surface area contributed by atoms with Crippen molar-refractivity contribution in [1.82, 2.24) is 4.57 Å². The van der Waals surface area contributed by atoms with E-state index in [1.54, 1.807) is 0 Å². The fraction of sp³-hybridized carbons (Fsp3) is 0.214. The van der Waals surface area contributed by atoms with Crippen LogP contribution in [0.3, 0.4) is 0 Å². The third-order valence-corrected chi connectivity index (χ3v) is 3.91. The lowest BCUT2D eigenvalue weighted by Gasteiger charge is -2.14. The van der Waals surface area contributed by atoms with Crippen LogP contribution in [0, 0.1) is 0 Å². The highest BCUT2D eigenvalue weighted by atomic mass is 32.2. The van der Waals surface area contributed by atoms with Gasteiger partial charge in [-0.2, -0.15) is 0 Å². The minimum absolute atomic E-state index is 0.141. The molecule has 0 aliphatic carbocycles. The van der Waals surface area contributed by atoms with E-state index in [9.17, 15) is 9.90 Å². The van der Waals surface area contributed by atoms with E-state index in [2.05, 4.69) is 0 Å². The molecule has 2 aromatic rings. The van der Waals surface area contributed by atoms with Crippen LogP contribution in [0.15, 0.2) is 51.1 Å². The Kier molecular flexibility index (Phi) is 3.77.